The maximum Gasteiger partial charge on any atom is 0.433 e. The lowest BCUT2D eigenvalue weighted by atomic mass is 10.2. The fourth-order valence-corrected chi connectivity index (χ4v) is 1.33. The number of carboxylic acids is 1. The average Bonchev–Trinajstić information content (AvgIpc) is 2.45. The molecule has 0 saturated heterocycles. The van der Waals surface area contributed by atoms with E-state index in [1.165, 1.54) is 0 Å². The van der Waals surface area contributed by atoms with Gasteiger partial charge in [-0.1, -0.05) is 13.8 Å². The molecular formula is C9H11F3N2O2. The fourth-order valence-electron chi connectivity index (χ4n) is 1.33. The minimum Gasteiger partial charge on any atom is -0.478 e. The number of carbonyl (C=O) groups is 1. The van der Waals surface area contributed by atoms with Gasteiger partial charge in [0, 0.05) is 6.54 Å². The van der Waals surface area contributed by atoms with Crippen molar-refractivity contribution in [1.82, 2.24) is 9.78 Å². The molecule has 0 radical (unpaired) electrons. The van der Waals surface area contributed by atoms with Crippen molar-refractivity contribution >= 4 is 5.97 Å². The van der Waals surface area contributed by atoms with Crippen LogP contribution in [0, 0.1) is 5.92 Å². The summed E-state index contributed by atoms with van der Waals surface area (Å²) in [5.74, 6) is -1.68. The summed E-state index contributed by atoms with van der Waals surface area (Å²) in [6.45, 7) is 3.48. The number of hydrogen-bond donors (Lipinski definition) is 1. The first kappa shape index (κ1) is 12.5. The first-order chi connectivity index (χ1) is 7.23. The molecule has 4 nitrogen and oxygen atoms in total. The van der Waals surface area contributed by atoms with Crippen molar-refractivity contribution in [2.45, 2.75) is 26.6 Å². The summed E-state index contributed by atoms with van der Waals surface area (Å²) in [6.07, 6.45) is -3.98. The molecule has 0 bridgehead atoms. The second-order valence-corrected chi connectivity index (χ2v) is 3.79. The van der Waals surface area contributed by atoms with Gasteiger partial charge in [0.2, 0.25) is 0 Å². The molecule has 7 heteroatoms. The molecule has 0 saturated carbocycles. The molecule has 0 aliphatic rings. The SMILES string of the molecule is CC(C)Cn1ncc(C(=O)O)c1C(F)(F)F. The third kappa shape index (κ3) is 2.53. The Labute approximate surface area is 89.7 Å². The zero-order valence-corrected chi connectivity index (χ0v) is 8.75. The van der Waals surface area contributed by atoms with Crippen molar-refractivity contribution in [3.05, 3.63) is 17.5 Å². The van der Waals surface area contributed by atoms with Gasteiger partial charge in [-0.2, -0.15) is 18.3 Å². The highest BCUT2D eigenvalue weighted by atomic mass is 19.4. The van der Waals surface area contributed by atoms with E-state index in [0.29, 0.717) is 4.68 Å². The second-order valence-electron chi connectivity index (χ2n) is 3.79. The molecule has 0 aliphatic heterocycles. The van der Waals surface area contributed by atoms with Gasteiger partial charge in [-0.15, -0.1) is 0 Å². The molecule has 0 fully saturated rings. The Morgan fingerprint density at radius 1 is 1.56 bits per heavy atom. The molecule has 0 amide bonds. The lowest BCUT2D eigenvalue weighted by molar-refractivity contribution is -0.144. The van der Waals surface area contributed by atoms with Crippen LogP contribution in [0.4, 0.5) is 13.2 Å². The number of halogens is 3. The zero-order chi connectivity index (χ0) is 12.5. The van der Waals surface area contributed by atoms with E-state index in [4.69, 9.17) is 5.11 Å². The monoisotopic (exact) mass is 236 g/mol. The minimum atomic E-state index is -4.71. The van der Waals surface area contributed by atoms with E-state index in [0.717, 1.165) is 6.20 Å². The van der Waals surface area contributed by atoms with E-state index < -0.39 is 23.4 Å². The first-order valence-electron chi connectivity index (χ1n) is 4.59. The molecule has 0 spiro atoms. The van der Waals surface area contributed by atoms with Crippen molar-refractivity contribution in [2.75, 3.05) is 0 Å². The van der Waals surface area contributed by atoms with Gasteiger partial charge in [0.05, 0.1) is 6.20 Å². The second kappa shape index (κ2) is 4.15. The van der Waals surface area contributed by atoms with Gasteiger partial charge in [0.1, 0.15) is 5.56 Å². The van der Waals surface area contributed by atoms with Crippen LogP contribution in [0.1, 0.15) is 29.9 Å². The molecule has 0 aliphatic carbocycles. The van der Waals surface area contributed by atoms with Crippen molar-refractivity contribution in [3.63, 3.8) is 0 Å². The first-order valence-corrected chi connectivity index (χ1v) is 4.59. The summed E-state index contributed by atoms with van der Waals surface area (Å²) in [5.41, 5.74) is -2.01. The predicted octanol–water partition coefficient (Wildman–Crippen LogP) is 2.26. The number of rotatable bonds is 3. The predicted molar refractivity (Wildman–Crippen MR) is 49.0 cm³/mol. The number of nitrogens with zero attached hydrogens (tertiary/aromatic N) is 2. The number of alkyl halides is 3. The summed E-state index contributed by atoms with van der Waals surface area (Å²) >= 11 is 0. The van der Waals surface area contributed by atoms with Gasteiger partial charge < -0.3 is 5.11 Å². The van der Waals surface area contributed by atoms with Crippen LogP contribution < -0.4 is 0 Å². The topological polar surface area (TPSA) is 55.1 Å². The Hall–Kier alpha value is -1.53. The highest BCUT2D eigenvalue weighted by molar-refractivity contribution is 5.88. The van der Waals surface area contributed by atoms with Crippen molar-refractivity contribution < 1.29 is 23.1 Å². The third-order valence-electron chi connectivity index (χ3n) is 1.88. The lowest BCUT2D eigenvalue weighted by Gasteiger charge is -2.12. The van der Waals surface area contributed by atoms with Crippen LogP contribution in [0.3, 0.4) is 0 Å². The van der Waals surface area contributed by atoms with Crippen molar-refractivity contribution in [2.24, 2.45) is 5.92 Å². The normalized spacial score (nSPS) is 12.1. The number of carboxylic acid groups (broad SMARTS) is 1. The maximum atomic E-state index is 12.6. The summed E-state index contributed by atoms with van der Waals surface area (Å²) in [6, 6.07) is 0. The Balaban J connectivity index is 3.25. The summed E-state index contributed by atoms with van der Waals surface area (Å²) in [4.78, 5) is 10.6. The van der Waals surface area contributed by atoms with Crippen molar-refractivity contribution in [1.29, 1.82) is 0 Å². The number of aromatic carboxylic acids is 1. The van der Waals surface area contributed by atoms with E-state index in [9.17, 15) is 18.0 Å². The van der Waals surface area contributed by atoms with E-state index in [1.807, 2.05) is 0 Å². The lowest BCUT2D eigenvalue weighted by Crippen LogP contribution is -2.20. The van der Waals surface area contributed by atoms with Crippen LogP contribution in [0.15, 0.2) is 6.20 Å². The van der Waals surface area contributed by atoms with Crippen LogP contribution in [0.5, 0.6) is 0 Å². The highest BCUT2D eigenvalue weighted by Crippen LogP contribution is 2.32. The van der Waals surface area contributed by atoms with E-state index in [-0.39, 0.29) is 12.5 Å². The van der Waals surface area contributed by atoms with Gasteiger partial charge in [-0.05, 0) is 5.92 Å². The summed E-state index contributed by atoms with van der Waals surface area (Å²) in [5, 5.41) is 12.1. The molecule has 90 valence electrons. The summed E-state index contributed by atoms with van der Waals surface area (Å²) in [7, 11) is 0. The van der Waals surface area contributed by atoms with Gasteiger partial charge in [0.15, 0.2) is 5.69 Å². The van der Waals surface area contributed by atoms with Gasteiger partial charge in [-0.25, -0.2) is 4.79 Å². The van der Waals surface area contributed by atoms with Gasteiger partial charge in [-0.3, -0.25) is 4.68 Å². The van der Waals surface area contributed by atoms with Crippen LogP contribution in [-0.2, 0) is 12.7 Å². The minimum absolute atomic E-state index is 0.0299. The average molecular weight is 236 g/mol. The molecule has 0 unspecified atom stereocenters. The molecule has 1 heterocycles. The Bertz CT molecular complexity index is 396. The summed E-state index contributed by atoms with van der Waals surface area (Å²) < 4.78 is 38.6. The van der Waals surface area contributed by atoms with Crippen LogP contribution >= 0.6 is 0 Å². The van der Waals surface area contributed by atoms with E-state index in [1.54, 1.807) is 13.8 Å². The van der Waals surface area contributed by atoms with E-state index >= 15 is 0 Å². The largest absolute Gasteiger partial charge is 0.478 e. The highest BCUT2D eigenvalue weighted by Gasteiger charge is 2.40. The molecule has 16 heavy (non-hydrogen) atoms. The van der Waals surface area contributed by atoms with E-state index in [2.05, 4.69) is 5.10 Å². The fraction of sp³-hybridized carbons (Fsp3) is 0.556. The Kier molecular flexibility index (Phi) is 3.25. The quantitative estimate of drug-likeness (QED) is 0.875. The number of aromatic nitrogens is 2. The van der Waals surface area contributed by atoms with Crippen molar-refractivity contribution in [3.8, 4) is 0 Å². The van der Waals surface area contributed by atoms with Crippen LogP contribution in [0.25, 0.3) is 0 Å². The maximum absolute atomic E-state index is 12.6. The standard InChI is InChI=1S/C9H11F3N2O2/c1-5(2)4-14-7(9(10,11)12)6(3-13-14)8(15)16/h3,5H,4H2,1-2H3,(H,15,16). The molecule has 1 N–H and O–H groups in total. The Morgan fingerprint density at radius 2 is 2.12 bits per heavy atom. The van der Waals surface area contributed by atoms with Crippen LogP contribution in [-0.4, -0.2) is 20.9 Å². The molecule has 0 atom stereocenters. The third-order valence-corrected chi connectivity index (χ3v) is 1.88. The Morgan fingerprint density at radius 3 is 2.50 bits per heavy atom. The van der Waals surface area contributed by atoms with Crippen LogP contribution in [0.2, 0.25) is 0 Å². The van der Waals surface area contributed by atoms with Gasteiger partial charge >= 0.3 is 12.1 Å². The van der Waals surface area contributed by atoms with Gasteiger partial charge in [0.25, 0.3) is 0 Å². The molecule has 1 aromatic rings. The molecule has 1 rings (SSSR count). The molecule has 1 aromatic heterocycles. The molecular weight excluding hydrogens is 225 g/mol. The zero-order valence-electron chi connectivity index (χ0n) is 8.75. The molecule has 0 aromatic carbocycles. The smallest absolute Gasteiger partial charge is 0.433 e. The number of hydrogen-bond acceptors (Lipinski definition) is 2.